The highest BCUT2D eigenvalue weighted by atomic mass is 28.4. The van der Waals surface area contributed by atoms with Gasteiger partial charge in [-0.15, -0.1) is 4.90 Å². The summed E-state index contributed by atoms with van der Waals surface area (Å²) in [5.74, 6) is -1.77. The molecule has 44 heavy (non-hydrogen) atoms. The molecule has 1 aromatic rings. The standard InChI is InChI=1S/C30H49N5O8Si/c1-17(43-44(14,15)30(11,12)13)21(36)18-16-31-22-19(32-18)20(23(37)40-27(2,3)4)33-24(34-22)35(25(38)41-28(5,6)7)26(39)42-29(8,9)10/h17H,16H2,1-15H3,(H,31,33,34)/t17-/m0/s1. The fourth-order valence-electron chi connectivity index (χ4n) is 3.48. The number of aromatic nitrogens is 2. The molecule has 0 saturated carbocycles. The fraction of sp³-hybridized carbons (Fsp3) is 0.700. The van der Waals surface area contributed by atoms with Gasteiger partial charge >= 0.3 is 18.2 Å². The molecule has 14 heteroatoms. The number of ketones is 1. The molecule has 13 nitrogen and oxygen atoms in total. The monoisotopic (exact) mass is 635 g/mol. The molecule has 0 fully saturated rings. The summed E-state index contributed by atoms with van der Waals surface area (Å²) in [4.78, 5) is 67.1. The highest BCUT2D eigenvalue weighted by Gasteiger charge is 2.41. The smallest absolute Gasteiger partial charge is 0.427 e. The van der Waals surface area contributed by atoms with Crippen molar-refractivity contribution in [3.05, 3.63) is 5.69 Å². The Hall–Kier alpha value is -3.39. The topological polar surface area (TPSA) is 159 Å². The van der Waals surface area contributed by atoms with Crippen LogP contribution in [0.25, 0.3) is 0 Å². The lowest BCUT2D eigenvalue weighted by atomic mass is 10.1. The van der Waals surface area contributed by atoms with Gasteiger partial charge in [-0.2, -0.15) is 4.98 Å². The number of amides is 2. The highest BCUT2D eigenvalue weighted by molar-refractivity contribution is 6.74. The van der Waals surface area contributed by atoms with Crippen molar-refractivity contribution in [3.8, 4) is 0 Å². The second-order valence-corrected chi connectivity index (χ2v) is 19.9. The third kappa shape index (κ3) is 9.81. The summed E-state index contributed by atoms with van der Waals surface area (Å²) < 4.78 is 22.7. The number of fused-ring (bicyclic) bond motifs is 1. The minimum atomic E-state index is -2.29. The normalized spacial score (nSPS) is 14.8. The zero-order valence-corrected chi connectivity index (χ0v) is 29.8. The predicted molar refractivity (Wildman–Crippen MR) is 170 cm³/mol. The van der Waals surface area contributed by atoms with Crippen molar-refractivity contribution >= 4 is 55.4 Å². The second kappa shape index (κ2) is 12.5. The molecule has 1 aromatic heterocycles. The molecular formula is C30H49N5O8Si. The number of Topliss-reactive ketones (excluding diaryl/α,β-unsaturated/α-hetero) is 1. The molecule has 2 rings (SSSR count). The average molecular weight is 636 g/mol. The van der Waals surface area contributed by atoms with Gasteiger partial charge in [0.1, 0.15) is 34.3 Å². The van der Waals surface area contributed by atoms with E-state index < -0.39 is 55.3 Å². The van der Waals surface area contributed by atoms with Gasteiger partial charge in [0.15, 0.2) is 19.8 Å². The summed E-state index contributed by atoms with van der Waals surface area (Å²) in [5, 5.41) is 2.86. The zero-order valence-electron chi connectivity index (χ0n) is 28.8. The van der Waals surface area contributed by atoms with Gasteiger partial charge in [0, 0.05) is 0 Å². The van der Waals surface area contributed by atoms with Crippen LogP contribution in [0.15, 0.2) is 4.99 Å². The molecule has 0 aliphatic carbocycles. The van der Waals surface area contributed by atoms with Gasteiger partial charge in [0.05, 0.1) is 6.54 Å². The Morgan fingerprint density at radius 1 is 0.795 bits per heavy atom. The summed E-state index contributed by atoms with van der Waals surface area (Å²) >= 11 is 0. The lowest BCUT2D eigenvalue weighted by Gasteiger charge is -2.38. The van der Waals surface area contributed by atoms with E-state index in [1.54, 1.807) is 69.2 Å². The van der Waals surface area contributed by atoms with Crippen LogP contribution < -0.4 is 10.2 Å². The van der Waals surface area contributed by atoms with E-state index in [4.69, 9.17) is 18.6 Å². The Labute approximate surface area is 261 Å². The van der Waals surface area contributed by atoms with Crippen LogP contribution >= 0.6 is 0 Å². The molecule has 1 N–H and O–H groups in total. The number of esters is 1. The van der Waals surface area contributed by atoms with Crippen LogP contribution in [0.5, 0.6) is 0 Å². The number of hydrogen-bond donors (Lipinski definition) is 1. The fourth-order valence-corrected chi connectivity index (χ4v) is 4.83. The molecular weight excluding hydrogens is 586 g/mol. The first kappa shape index (κ1) is 36.8. The summed E-state index contributed by atoms with van der Waals surface area (Å²) in [7, 11) is -2.29. The third-order valence-corrected chi connectivity index (χ3v) is 11.0. The van der Waals surface area contributed by atoms with Crippen molar-refractivity contribution < 1.29 is 37.8 Å². The van der Waals surface area contributed by atoms with E-state index in [1.807, 2.05) is 13.1 Å². The van der Waals surface area contributed by atoms with Crippen LogP contribution in [0, 0.1) is 0 Å². The number of nitrogens with zero attached hydrogens (tertiary/aromatic N) is 4. The van der Waals surface area contributed by atoms with E-state index >= 15 is 0 Å². The Balaban J connectivity index is 2.71. The molecule has 1 atom stereocenters. The van der Waals surface area contributed by atoms with Crippen molar-refractivity contribution in [2.24, 2.45) is 4.99 Å². The summed E-state index contributed by atoms with van der Waals surface area (Å²) in [5.41, 5.74) is -3.25. The van der Waals surface area contributed by atoms with Gasteiger partial charge in [0.2, 0.25) is 11.7 Å². The number of aliphatic imine (C=N–C) groups is 1. The average Bonchev–Trinajstić information content (AvgIpc) is 2.78. The maximum atomic E-state index is 13.5. The highest BCUT2D eigenvalue weighted by Crippen LogP contribution is 2.38. The van der Waals surface area contributed by atoms with E-state index in [0.717, 1.165) is 0 Å². The molecule has 1 aliphatic heterocycles. The number of carbonyl (C=O) groups excluding carboxylic acids is 4. The Morgan fingerprint density at radius 3 is 1.70 bits per heavy atom. The predicted octanol–water partition coefficient (Wildman–Crippen LogP) is 6.59. The number of imide groups is 1. The maximum Gasteiger partial charge on any atom is 0.427 e. The van der Waals surface area contributed by atoms with Gasteiger partial charge in [-0.25, -0.2) is 24.4 Å². The molecule has 246 valence electrons. The first-order valence-electron chi connectivity index (χ1n) is 14.6. The molecule has 0 unspecified atom stereocenters. The first-order valence-corrected chi connectivity index (χ1v) is 17.5. The van der Waals surface area contributed by atoms with E-state index in [9.17, 15) is 19.2 Å². The van der Waals surface area contributed by atoms with Crippen molar-refractivity contribution in [1.82, 2.24) is 9.97 Å². The van der Waals surface area contributed by atoms with E-state index in [0.29, 0.717) is 4.90 Å². The van der Waals surface area contributed by atoms with Crippen LogP contribution in [-0.2, 0) is 23.4 Å². The number of hydrogen-bond acceptors (Lipinski definition) is 12. The van der Waals surface area contributed by atoms with Crippen LogP contribution in [0.4, 0.5) is 27.0 Å². The molecule has 0 radical (unpaired) electrons. The largest absolute Gasteiger partial charge is 0.455 e. The second-order valence-electron chi connectivity index (χ2n) is 15.2. The van der Waals surface area contributed by atoms with Crippen molar-refractivity contribution in [1.29, 1.82) is 0 Å². The van der Waals surface area contributed by atoms with Crippen LogP contribution in [0.2, 0.25) is 18.1 Å². The molecule has 2 heterocycles. The van der Waals surface area contributed by atoms with Crippen molar-refractivity contribution in [2.75, 3.05) is 16.8 Å². The first-order chi connectivity index (χ1) is 19.6. The van der Waals surface area contributed by atoms with Crippen molar-refractivity contribution in [2.45, 2.75) is 131 Å². The van der Waals surface area contributed by atoms with E-state index in [-0.39, 0.29) is 40.3 Å². The molecule has 0 saturated heterocycles. The Morgan fingerprint density at radius 2 is 1.27 bits per heavy atom. The minimum absolute atomic E-state index is 0.00231. The molecule has 0 bridgehead atoms. The SMILES string of the molecule is C[C@H](O[Si](C)(C)C(C)(C)C)C(=O)C1=Nc2c(nc(N(C(=O)OC(C)(C)C)C(=O)OC(C)(C)C)nc2C(=O)OC(C)(C)C)NC1. The molecule has 2 amide bonds. The van der Waals surface area contributed by atoms with Gasteiger partial charge in [-0.05, 0) is 87.4 Å². The third-order valence-electron chi connectivity index (χ3n) is 6.42. The van der Waals surface area contributed by atoms with E-state index in [1.165, 1.54) is 0 Å². The van der Waals surface area contributed by atoms with Crippen LogP contribution in [0.1, 0.15) is 100 Å². The number of rotatable bonds is 6. The van der Waals surface area contributed by atoms with Gasteiger partial charge in [0.25, 0.3) is 0 Å². The Kier molecular flexibility index (Phi) is 10.5. The van der Waals surface area contributed by atoms with Crippen molar-refractivity contribution in [3.63, 3.8) is 0 Å². The number of anilines is 2. The quantitative estimate of drug-likeness (QED) is 0.204. The number of nitrogens with one attached hydrogen (secondary N) is 1. The lowest BCUT2D eigenvalue weighted by Crippen LogP contribution is -2.47. The number of ether oxygens (including phenoxy) is 3. The molecule has 0 aromatic carbocycles. The lowest BCUT2D eigenvalue weighted by molar-refractivity contribution is -0.119. The maximum absolute atomic E-state index is 13.5. The molecule has 0 spiro atoms. The minimum Gasteiger partial charge on any atom is -0.455 e. The van der Waals surface area contributed by atoms with Crippen LogP contribution in [-0.4, -0.2) is 77.4 Å². The zero-order chi connectivity index (χ0) is 34.2. The molecule has 1 aliphatic rings. The van der Waals surface area contributed by atoms with Gasteiger partial charge in [-0.1, -0.05) is 20.8 Å². The summed E-state index contributed by atoms with van der Waals surface area (Å²) in [6.07, 6.45) is -3.03. The van der Waals surface area contributed by atoms with E-state index in [2.05, 4.69) is 41.0 Å². The number of carbonyl (C=O) groups is 4. The Bertz CT molecular complexity index is 1300. The summed E-state index contributed by atoms with van der Waals surface area (Å²) in [6, 6.07) is 0. The summed E-state index contributed by atoms with van der Waals surface area (Å²) in [6.45, 7) is 26.7. The van der Waals surface area contributed by atoms with Crippen LogP contribution in [0.3, 0.4) is 0 Å². The van der Waals surface area contributed by atoms with Gasteiger partial charge in [-0.3, -0.25) is 4.79 Å². The van der Waals surface area contributed by atoms with Gasteiger partial charge < -0.3 is 24.0 Å².